The van der Waals surface area contributed by atoms with Crippen LogP contribution in [0.1, 0.15) is 0 Å². The quantitative estimate of drug-likeness (QED) is 0.675. The summed E-state index contributed by atoms with van der Waals surface area (Å²) in [6.45, 7) is 0. The third-order valence-electron chi connectivity index (χ3n) is 1.53. The van der Waals surface area contributed by atoms with Gasteiger partial charge >= 0.3 is 0 Å². The van der Waals surface area contributed by atoms with Gasteiger partial charge in [-0.25, -0.2) is 9.67 Å². The molecular weight excluding hydrogens is 170 g/mol. The topological polar surface area (TPSA) is 33.6 Å². The minimum Gasteiger partial charge on any atom is -0.299 e. The van der Waals surface area contributed by atoms with E-state index in [4.69, 9.17) is 12.2 Å². The van der Waals surface area contributed by atoms with Gasteiger partial charge in [0.15, 0.2) is 5.82 Å². The molecule has 0 unspecified atom stereocenters. The van der Waals surface area contributed by atoms with Crippen LogP contribution in [-0.4, -0.2) is 14.8 Å². The Morgan fingerprint density at radius 3 is 2.83 bits per heavy atom. The van der Waals surface area contributed by atoms with Crippen molar-refractivity contribution < 1.29 is 0 Å². The van der Waals surface area contributed by atoms with Gasteiger partial charge in [0.2, 0.25) is 0 Å². The lowest BCUT2D eigenvalue weighted by Crippen LogP contribution is -1.97. The highest BCUT2D eigenvalue weighted by molar-refractivity contribution is 7.71. The molecule has 0 fully saturated rings. The van der Waals surface area contributed by atoms with E-state index in [-0.39, 0.29) is 0 Å². The summed E-state index contributed by atoms with van der Waals surface area (Å²) in [5.41, 5.74) is 0. The predicted molar refractivity (Wildman–Crippen MR) is 48.7 cm³/mol. The molecule has 0 radical (unpaired) electrons. The van der Waals surface area contributed by atoms with Crippen LogP contribution in [0.3, 0.4) is 0 Å². The van der Waals surface area contributed by atoms with E-state index in [1.165, 1.54) is 0 Å². The molecule has 2 heterocycles. The van der Waals surface area contributed by atoms with E-state index < -0.39 is 0 Å². The van der Waals surface area contributed by atoms with Crippen molar-refractivity contribution in [3.05, 3.63) is 41.3 Å². The maximum atomic E-state index is 5.06. The standard InChI is InChI=1S/C8H7N3S/c12-8-4-6-10-11(8)7-3-1-2-5-9-7/h1-6,10H. The third-order valence-corrected chi connectivity index (χ3v) is 1.85. The minimum atomic E-state index is 0.730. The predicted octanol–water partition coefficient (Wildman–Crippen LogP) is 1.93. The van der Waals surface area contributed by atoms with Crippen molar-refractivity contribution >= 4 is 12.2 Å². The molecule has 0 amide bonds. The van der Waals surface area contributed by atoms with E-state index >= 15 is 0 Å². The molecule has 1 N–H and O–H groups in total. The molecule has 0 aromatic carbocycles. The molecule has 0 atom stereocenters. The number of hydrogen-bond acceptors (Lipinski definition) is 2. The Morgan fingerprint density at radius 1 is 1.33 bits per heavy atom. The Hall–Kier alpha value is -1.42. The molecule has 3 nitrogen and oxygen atoms in total. The SMILES string of the molecule is S=c1cc[nH]n1-c1ccccn1. The van der Waals surface area contributed by atoms with Crippen LogP contribution in [0.5, 0.6) is 0 Å². The van der Waals surface area contributed by atoms with Gasteiger partial charge < -0.3 is 0 Å². The zero-order valence-corrected chi connectivity index (χ0v) is 7.08. The average Bonchev–Trinajstić information content (AvgIpc) is 2.53. The van der Waals surface area contributed by atoms with Crippen molar-refractivity contribution in [1.82, 2.24) is 14.8 Å². The van der Waals surface area contributed by atoms with Crippen LogP contribution in [0.4, 0.5) is 0 Å². The highest BCUT2D eigenvalue weighted by atomic mass is 32.1. The minimum absolute atomic E-state index is 0.730. The molecule has 0 bridgehead atoms. The first-order valence-corrected chi connectivity index (χ1v) is 3.96. The third kappa shape index (κ3) is 1.16. The Balaban J connectivity index is 2.59. The van der Waals surface area contributed by atoms with Crippen LogP contribution in [0.15, 0.2) is 36.7 Å². The molecule has 12 heavy (non-hydrogen) atoms. The molecular formula is C8H7N3S. The van der Waals surface area contributed by atoms with Gasteiger partial charge in [0, 0.05) is 12.4 Å². The molecule has 0 aliphatic rings. The Bertz CT molecular complexity index is 415. The largest absolute Gasteiger partial charge is 0.299 e. The number of nitrogens with zero attached hydrogens (tertiary/aromatic N) is 2. The lowest BCUT2D eigenvalue weighted by molar-refractivity contribution is 0.836. The normalized spacial score (nSPS) is 10.0. The monoisotopic (exact) mass is 177 g/mol. The van der Waals surface area contributed by atoms with E-state index in [0.717, 1.165) is 10.5 Å². The van der Waals surface area contributed by atoms with E-state index in [1.54, 1.807) is 17.1 Å². The first-order chi connectivity index (χ1) is 5.88. The fourth-order valence-electron chi connectivity index (χ4n) is 0.986. The summed E-state index contributed by atoms with van der Waals surface area (Å²) in [6.07, 6.45) is 3.52. The second-order valence-corrected chi connectivity index (χ2v) is 2.74. The Morgan fingerprint density at radius 2 is 2.25 bits per heavy atom. The second-order valence-electron chi connectivity index (χ2n) is 2.32. The van der Waals surface area contributed by atoms with Crippen LogP contribution in [0.2, 0.25) is 0 Å². The van der Waals surface area contributed by atoms with Crippen LogP contribution in [0.25, 0.3) is 5.82 Å². The molecule has 0 saturated heterocycles. The fraction of sp³-hybridized carbons (Fsp3) is 0. The van der Waals surface area contributed by atoms with Gasteiger partial charge in [-0.3, -0.25) is 5.10 Å². The molecule has 2 aromatic rings. The maximum absolute atomic E-state index is 5.06. The van der Waals surface area contributed by atoms with E-state index in [2.05, 4.69) is 10.1 Å². The lowest BCUT2D eigenvalue weighted by Gasteiger charge is -1.98. The lowest BCUT2D eigenvalue weighted by atomic mass is 10.5. The van der Waals surface area contributed by atoms with Crippen molar-refractivity contribution in [3.63, 3.8) is 0 Å². The van der Waals surface area contributed by atoms with Gasteiger partial charge in [-0.1, -0.05) is 18.3 Å². The van der Waals surface area contributed by atoms with Gasteiger partial charge in [0.1, 0.15) is 4.64 Å². The summed E-state index contributed by atoms with van der Waals surface area (Å²) >= 11 is 5.06. The number of rotatable bonds is 1. The van der Waals surface area contributed by atoms with E-state index in [9.17, 15) is 0 Å². The van der Waals surface area contributed by atoms with Crippen molar-refractivity contribution in [1.29, 1.82) is 0 Å². The molecule has 0 aliphatic carbocycles. The number of nitrogens with one attached hydrogen (secondary N) is 1. The van der Waals surface area contributed by atoms with E-state index in [0.29, 0.717) is 0 Å². The Labute approximate surface area is 74.7 Å². The molecule has 2 aromatic heterocycles. The number of hydrogen-bond donors (Lipinski definition) is 1. The van der Waals surface area contributed by atoms with Crippen LogP contribution in [0, 0.1) is 4.64 Å². The summed E-state index contributed by atoms with van der Waals surface area (Å²) in [5.74, 6) is 0.813. The van der Waals surface area contributed by atoms with Crippen molar-refractivity contribution in [3.8, 4) is 5.82 Å². The van der Waals surface area contributed by atoms with Gasteiger partial charge in [-0.15, -0.1) is 0 Å². The average molecular weight is 177 g/mol. The summed E-state index contributed by atoms with van der Waals surface area (Å²) in [5, 5.41) is 2.97. The maximum Gasteiger partial charge on any atom is 0.152 e. The molecule has 4 heteroatoms. The van der Waals surface area contributed by atoms with Gasteiger partial charge in [0.25, 0.3) is 0 Å². The second kappa shape index (κ2) is 2.91. The number of H-pyrrole nitrogens is 1. The number of aromatic nitrogens is 3. The summed E-state index contributed by atoms with van der Waals surface area (Å²) in [6, 6.07) is 7.51. The molecule has 0 saturated carbocycles. The highest BCUT2D eigenvalue weighted by Crippen LogP contribution is 2.01. The van der Waals surface area contributed by atoms with E-state index in [1.807, 2.05) is 24.3 Å². The van der Waals surface area contributed by atoms with Crippen molar-refractivity contribution in [2.45, 2.75) is 0 Å². The molecule has 0 spiro atoms. The zero-order chi connectivity index (χ0) is 8.39. The van der Waals surface area contributed by atoms with Crippen LogP contribution >= 0.6 is 12.2 Å². The smallest absolute Gasteiger partial charge is 0.152 e. The van der Waals surface area contributed by atoms with Crippen LogP contribution < -0.4 is 0 Å². The summed E-state index contributed by atoms with van der Waals surface area (Å²) in [7, 11) is 0. The highest BCUT2D eigenvalue weighted by Gasteiger charge is 1.95. The summed E-state index contributed by atoms with van der Waals surface area (Å²) < 4.78 is 2.48. The van der Waals surface area contributed by atoms with Gasteiger partial charge in [-0.05, 0) is 18.2 Å². The number of aromatic amines is 1. The number of pyridine rings is 1. The molecule has 2 rings (SSSR count). The van der Waals surface area contributed by atoms with Gasteiger partial charge in [0.05, 0.1) is 0 Å². The van der Waals surface area contributed by atoms with Crippen LogP contribution in [-0.2, 0) is 0 Å². The molecule has 0 aliphatic heterocycles. The first kappa shape index (κ1) is 7.24. The van der Waals surface area contributed by atoms with Crippen molar-refractivity contribution in [2.75, 3.05) is 0 Å². The fourth-order valence-corrected chi connectivity index (χ4v) is 1.20. The summed E-state index contributed by atoms with van der Waals surface area (Å²) in [4.78, 5) is 4.15. The van der Waals surface area contributed by atoms with Gasteiger partial charge in [-0.2, -0.15) is 0 Å². The Kier molecular flexibility index (Phi) is 1.75. The molecule has 60 valence electrons. The first-order valence-electron chi connectivity index (χ1n) is 3.56. The zero-order valence-electron chi connectivity index (χ0n) is 6.27. The van der Waals surface area contributed by atoms with Crippen molar-refractivity contribution in [2.24, 2.45) is 0 Å².